The van der Waals surface area contributed by atoms with E-state index >= 15 is 0 Å². The minimum atomic E-state index is -0.499. The SMILES string of the molecule is CC1=CC(=NN=C2NC(=O)[C@H](CC(=O)Nc3ccc(C)c(C)c3)S2)CC(C)(C)C1. The Kier molecular flexibility index (Phi) is 6.27. The Morgan fingerprint density at radius 2 is 1.97 bits per heavy atom. The van der Waals surface area contributed by atoms with Gasteiger partial charge in [-0.25, -0.2) is 0 Å². The third-order valence-corrected chi connectivity index (χ3v) is 6.11. The predicted molar refractivity (Wildman–Crippen MR) is 120 cm³/mol. The van der Waals surface area contributed by atoms with Gasteiger partial charge in [0.15, 0.2) is 5.17 Å². The van der Waals surface area contributed by atoms with E-state index in [-0.39, 0.29) is 23.7 Å². The molecule has 1 saturated heterocycles. The van der Waals surface area contributed by atoms with E-state index in [0.717, 1.165) is 29.8 Å². The standard InChI is InChI=1S/C22H28N4O2S/c1-13-8-17(12-22(4,5)11-13)25-26-21-24-20(28)18(29-21)10-19(27)23-16-7-6-14(2)15(3)9-16/h6-9,18H,10-12H2,1-5H3,(H,23,27)(H,24,26,28)/t18-/m0/s1. The number of aryl methyl sites for hydroxylation is 2. The maximum Gasteiger partial charge on any atom is 0.240 e. The number of amidine groups is 1. The Morgan fingerprint density at radius 3 is 2.66 bits per heavy atom. The fraction of sp³-hybridized carbons (Fsp3) is 0.455. The summed E-state index contributed by atoms with van der Waals surface area (Å²) in [6.07, 6.45) is 4.05. The third-order valence-electron chi connectivity index (χ3n) is 5.04. The molecule has 1 atom stereocenters. The molecule has 0 bridgehead atoms. The minimum Gasteiger partial charge on any atom is -0.326 e. The van der Waals surface area contributed by atoms with Gasteiger partial charge >= 0.3 is 0 Å². The van der Waals surface area contributed by atoms with Crippen molar-refractivity contribution in [3.05, 3.63) is 41.0 Å². The van der Waals surface area contributed by atoms with E-state index in [1.807, 2.05) is 32.0 Å². The zero-order valence-electron chi connectivity index (χ0n) is 17.6. The van der Waals surface area contributed by atoms with Gasteiger partial charge in [-0.2, -0.15) is 5.10 Å². The number of thioether (sulfide) groups is 1. The second-order valence-corrected chi connectivity index (χ2v) is 9.84. The van der Waals surface area contributed by atoms with Crippen molar-refractivity contribution in [2.24, 2.45) is 15.6 Å². The van der Waals surface area contributed by atoms with Crippen molar-refractivity contribution in [3.63, 3.8) is 0 Å². The molecule has 2 N–H and O–H groups in total. The lowest BCUT2D eigenvalue weighted by atomic mass is 9.77. The van der Waals surface area contributed by atoms with E-state index in [1.165, 1.54) is 22.9 Å². The summed E-state index contributed by atoms with van der Waals surface area (Å²) in [7, 11) is 0. The van der Waals surface area contributed by atoms with Crippen LogP contribution in [0, 0.1) is 19.3 Å². The van der Waals surface area contributed by atoms with E-state index in [4.69, 9.17) is 0 Å². The highest BCUT2D eigenvalue weighted by atomic mass is 32.2. The first kappa shape index (κ1) is 21.3. The molecule has 1 aliphatic carbocycles. The number of amides is 2. The average molecular weight is 413 g/mol. The molecule has 0 aromatic heterocycles. The van der Waals surface area contributed by atoms with Crippen molar-refractivity contribution in [1.29, 1.82) is 0 Å². The largest absolute Gasteiger partial charge is 0.326 e. The van der Waals surface area contributed by atoms with Gasteiger partial charge in [-0.15, -0.1) is 5.10 Å². The Morgan fingerprint density at radius 1 is 1.21 bits per heavy atom. The van der Waals surface area contributed by atoms with Gasteiger partial charge in [-0.3, -0.25) is 9.59 Å². The molecule has 1 aromatic rings. The molecule has 7 heteroatoms. The molecule has 6 nitrogen and oxygen atoms in total. The normalized spacial score (nSPS) is 23.8. The summed E-state index contributed by atoms with van der Waals surface area (Å²) in [5, 5.41) is 14.1. The van der Waals surface area contributed by atoms with Crippen LogP contribution in [0.15, 0.2) is 40.1 Å². The molecule has 154 valence electrons. The summed E-state index contributed by atoms with van der Waals surface area (Å²) in [4.78, 5) is 24.6. The predicted octanol–water partition coefficient (Wildman–Crippen LogP) is 4.34. The van der Waals surface area contributed by atoms with Crippen LogP contribution >= 0.6 is 11.8 Å². The van der Waals surface area contributed by atoms with Crippen molar-refractivity contribution in [1.82, 2.24) is 5.32 Å². The quantitative estimate of drug-likeness (QED) is 0.722. The van der Waals surface area contributed by atoms with Crippen molar-refractivity contribution < 1.29 is 9.59 Å². The fourth-order valence-corrected chi connectivity index (χ4v) is 4.57. The number of hydrogen-bond acceptors (Lipinski definition) is 5. The van der Waals surface area contributed by atoms with Gasteiger partial charge in [0, 0.05) is 12.1 Å². The van der Waals surface area contributed by atoms with Gasteiger partial charge in [0.1, 0.15) is 5.25 Å². The fourth-order valence-electron chi connectivity index (χ4n) is 3.65. The van der Waals surface area contributed by atoms with Crippen LogP contribution in [-0.2, 0) is 9.59 Å². The van der Waals surface area contributed by atoms with Gasteiger partial charge in [0.05, 0.1) is 5.71 Å². The number of nitrogens with zero attached hydrogens (tertiary/aromatic N) is 2. The molecule has 1 aliphatic heterocycles. The Balaban J connectivity index is 1.60. The molecule has 0 saturated carbocycles. The molecular weight excluding hydrogens is 384 g/mol. The van der Waals surface area contributed by atoms with Gasteiger partial charge in [0.2, 0.25) is 11.8 Å². The zero-order chi connectivity index (χ0) is 21.2. The van der Waals surface area contributed by atoms with Crippen molar-refractivity contribution in [3.8, 4) is 0 Å². The number of anilines is 1. The molecule has 1 aromatic carbocycles. The summed E-state index contributed by atoms with van der Waals surface area (Å²) in [6.45, 7) is 10.5. The first-order valence-electron chi connectivity index (χ1n) is 9.78. The molecule has 0 spiro atoms. The number of carbonyl (C=O) groups is 2. The molecular formula is C22H28N4O2S. The topological polar surface area (TPSA) is 82.9 Å². The van der Waals surface area contributed by atoms with Crippen molar-refractivity contribution in [2.75, 3.05) is 5.32 Å². The lowest BCUT2D eigenvalue weighted by molar-refractivity contribution is -0.122. The second kappa shape index (κ2) is 8.53. The summed E-state index contributed by atoms with van der Waals surface area (Å²) in [5.41, 5.74) is 5.38. The highest BCUT2D eigenvalue weighted by molar-refractivity contribution is 8.15. The number of benzene rings is 1. The maximum absolute atomic E-state index is 12.4. The van der Waals surface area contributed by atoms with Gasteiger partial charge in [-0.1, -0.05) is 37.2 Å². The van der Waals surface area contributed by atoms with Crippen LogP contribution in [0.2, 0.25) is 0 Å². The highest BCUT2D eigenvalue weighted by Crippen LogP contribution is 2.34. The van der Waals surface area contributed by atoms with Crippen LogP contribution < -0.4 is 10.6 Å². The van der Waals surface area contributed by atoms with E-state index in [9.17, 15) is 9.59 Å². The van der Waals surface area contributed by atoms with Crippen LogP contribution in [0.4, 0.5) is 5.69 Å². The Bertz CT molecular complexity index is 931. The Labute approximate surface area is 176 Å². The van der Waals surface area contributed by atoms with Gasteiger partial charge in [-0.05, 0) is 68.4 Å². The zero-order valence-corrected chi connectivity index (χ0v) is 18.4. The molecule has 3 rings (SSSR count). The first-order chi connectivity index (χ1) is 13.6. The first-order valence-corrected chi connectivity index (χ1v) is 10.7. The van der Waals surface area contributed by atoms with E-state index in [1.54, 1.807) is 0 Å². The summed E-state index contributed by atoms with van der Waals surface area (Å²) < 4.78 is 0. The van der Waals surface area contributed by atoms with Crippen LogP contribution in [0.1, 0.15) is 51.2 Å². The number of hydrogen-bond donors (Lipinski definition) is 2. The maximum atomic E-state index is 12.4. The number of rotatable bonds is 4. The number of nitrogens with one attached hydrogen (secondary N) is 2. The average Bonchev–Trinajstić information content (AvgIpc) is 2.94. The molecule has 0 unspecified atom stereocenters. The molecule has 29 heavy (non-hydrogen) atoms. The summed E-state index contributed by atoms with van der Waals surface area (Å²) in [5.74, 6) is -0.402. The van der Waals surface area contributed by atoms with Crippen molar-refractivity contribution in [2.45, 2.75) is 59.1 Å². The van der Waals surface area contributed by atoms with Crippen molar-refractivity contribution >= 4 is 40.1 Å². The van der Waals surface area contributed by atoms with E-state index in [0.29, 0.717) is 5.17 Å². The third kappa shape index (κ3) is 5.79. The van der Waals surface area contributed by atoms with E-state index < -0.39 is 5.25 Å². The summed E-state index contributed by atoms with van der Waals surface area (Å²) in [6, 6.07) is 5.76. The molecule has 1 fully saturated rings. The minimum absolute atomic E-state index is 0.0884. The molecule has 2 amide bonds. The second-order valence-electron chi connectivity index (χ2n) is 8.65. The monoisotopic (exact) mass is 412 g/mol. The highest BCUT2D eigenvalue weighted by Gasteiger charge is 2.32. The molecule has 2 aliphatic rings. The Hall–Kier alpha value is -2.41. The van der Waals surface area contributed by atoms with Crippen LogP contribution in [0.25, 0.3) is 0 Å². The number of allylic oxidation sites excluding steroid dienone is 2. The number of carbonyl (C=O) groups excluding carboxylic acids is 2. The lowest BCUT2D eigenvalue weighted by Crippen LogP contribution is -2.28. The smallest absolute Gasteiger partial charge is 0.240 e. The van der Waals surface area contributed by atoms with E-state index in [2.05, 4.69) is 47.7 Å². The molecule has 1 heterocycles. The van der Waals surface area contributed by atoms with Crippen LogP contribution in [0.5, 0.6) is 0 Å². The van der Waals surface area contributed by atoms with Crippen LogP contribution in [0.3, 0.4) is 0 Å². The lowest BCUT2D eigenvalue weighted by Gasteiger charge is -2.28. The van der Waals surface area contributed by atoms with Crippen LogP contribution in [-0.4, -0.2) is 27.9 Å². The van der Waals surface area contributed by atoms with Gasteiger partial charge < -0.3 is 10.6 Å². The van der Waals surface area contributed by atoms with Gasteiger partial charge in [0.25, 0.3) is 0 Å². The molecule has 0 radical (unpaired) electrons. The summed E-state index contributed by atoms with van der Waals surface area (Å²) >= 11 is 1.25.